The van der Waals surface area contributed by atoms with Gasteiger partial charge in [-0.2, -0.15) is 0 Å². The summed E-state index contributed by atoms with van der Waals surface area (Å²) >= 11 is 0. The molecule has 114 valence electrons. The Morgan fingerprint density at radius 2 is 1.58 bits per heavy atom. The Hall–Kier alpha value is -0.690. The van der Waals surface area contributed by atoms with Crippen molar-refractivity contribution in [1.82, 2.24) is 5.32 Å². The van der Waals surface area contributed by atoms with Gasteiger partial charge in [-0.05, 0) is 26.3 Å². The van der Waals surface area contributed by atoms with Crippen LogP contribution in [-0.2, 0) is 19.0 Å². The summed E-state index contributed by atoms with van der Waals surface area (Å²) in [5.41, 5.74) is 0. The second kappa shape index (κ2) is 15.4. The van der Waals surface area contributed by atoms with Crippen LogP contribution in [0.15, 0.2) is 0 Å². The molecule has 6 heteroatoms. The van der Waals surface area contributed by atoms with Crippen molar-refractivity contribution in [2.45, 2.75) is 26.2 Å². The van der Waals surface area contributed by atoms with Crippen LogP contribution in [0.1, 0.15) is 26.2 Å². The number of nitrogens with one attached hydrogen (secondary N) is 1. The molecule has 6 nitrogen and oxygen atoms in total. The molecular formula is C13H27NO5. The van der Waals surface area contributed by atoms with Crippen LogP contribution in [-0.4, -0.2) is 63.8 Å². The lowest BCUT2D eigenvalue weighted by Gasteiger charge is -2.07. The summed E-state index contributed by atoms with van der Waals surface area (Å²) in [6, 6.07) is 0. The van der Waals surface area contributed by atoms with E-state index in [4.69, 9.17) is 19.3 Å². The minimum atomic E-state index is -0.729. The highest BCUT2D eigenvalue weighted by molar-refractivity contribution is 5.66. The van der Waals surface area contributed by atoms with Crippen molar-refractivity contribution in [3.63, 3.8) is 0 Å². The number of carbonyl (C=O) groups is 1. The van der Waals surface area contributed by atoms with E-state index in [9.17, 15) is 4.79 Å². The predicted octanol–water partition coefficient (Wildman–Crippen LogP) is 0.901. The van der Waals surface area contributed by atoms with Crippen LogP contribution in [0.2, 0.25) is 0 Å². The maximum Gasteiger partial charge on any atom is 0.303 e. The summed E-state index contributed by atoms with van der Waals surface area (Å²) in [6.45, 7) is 7.36. The van der Waals surface area contributed by atoms with E-state index in [1.54, 1.807) is 0 Å². The van der Waals surface area contributed by atoms with Gasteiger partial charge in [-0.3, -0.25) is 4.79 Å². The molecule has 0 aromatic rings. The van der Waals surface area contributed by atoms with Crippen LogP contribution in [0.4, 0.5) is 0 Å². The first-order valence-electron chi connectivity index (χ1n) is 6.93. The number of ether oxygens (including phenoxy) is 3. The van der Waals surface area contributed by atoms with Gasteiger partial charge in [0, 0.05) is 19.6 Å². The van der Waals surface area contributed by atoms with Crippen LogP contribution in [0, 0.1) is 0 Å². The smallest absolute Gasteiger partial charge is 0.303 e. The van der Waals surface area contributed by atoms with Gasteiger partial charge in [-0.1, -0.05) is 0 Å². The molecule has 0 rings (SSSR count). The largest absolute Gasteiger partial charge is 0.481 e. The van der Waals surface area contributed by atoms with E-state index in [2.05, 4.69) is 5.32 Å². The zero-order valence-corrected chi connectivity index (χ0v) is 11.9. The van der Waals surface area contributed by atoms with Gasteiger partial charge < -0.3 is 24.6 Å². The molecule has 0 aromatic carbocycles. The number of hydrogen-bond donors (Lipinski definition) is 2. The molecule has 0 aliphatic carbocycles. The monoisotopic (exact) mass is 277 g/mol. The van der Waals surface area contributed by atoms with E-state index in [0.29, 0.717) is 33.0 Å². The van der Waals surface area contributed by atoms with E-state index in [-0.39, 0.29) is 6.42 Å². The van der Waals surface area contributed by atoms with Crippen LogP contribution in [0.3, 0.4) is 0 Å². The number of aliphatic carboxylic acids is 1. The molecular weight excluding hydrogens is 250 g/mol. The van der Waals surface area contributed by atoms with Crippen molar-refractivity contribution in [2.24, 2.45) is 0 Å². The third-order valence-corrected chi connectivity index (χ3v) is 2.37. The maximum atomic E-state index is 10.3. The molecule has 0 amide bonds. The third kappa shape index (κ3) is 17.3. The van der Waals surface area contributed by atoms with E-state index in [1.165, 1.54) is 0 Å². The summed E-state index contributed by atoms with van der Waals surface area (Å²) in [7, 11) is 0. The molecule has 0 aliphatic heterocycles. The summed E-state index contributed by atoms with van der Waals surface area (Å²) in [4.78, 5) is 10.3. The minimum Gasteiger partial charge on any atom is -0.481 e. The molecule has 19 heavy (non-hydrogen) atoms. The molecule has 0 saturated carbocycles. The summed E-state index contributed by atoms with van der Waals surface area (Å²) in [5, 5.41) is 11.6. The van der Waals surface area contributed by atoms with E-state index in [0.717, 1.165) is 32.5 Å². The normalized spacial score (nSPS) is 10.8. The molecule has 0 spiro atoms. The lowest BCUT2D eigenvalue weighted by molar-refractivity contribution is -0.137. The fraction of sp³-hybridized carbons (Fsp3) is 0.923. The van der Waals surface area contributed by atoms with Crippen molar-refractivity contribution >= 4 is 5.97 Å². The third-order valence-electron chi connectivity index (χ3n) is 2.37. The highest BCUT2D eigenvalue weighted by atomic mass is 16.5. The van der Waals surface area contributed by atoms with Crippen molar-refractivity contribution in [1.29, 1.82) is 0 Å². The molecule has 0 bridgehead atoms. The Bertz CT molecular complexity index is 201. The first-order chi connectivity index (χ1) is 9.27. The van der Waals surface area contributed by atoms with Gasteiger partial charge in [0.25, 0.3) is 0 Å². The average molecular weight is 277 g/mol. The fourth-order valence-corrected chi connectivity index (χ4v) is 1.38. The van der Waals surface area contributed by atoms with Gasteiger partial charge >= 0.3 is 5.97 Å². The molecule has 0 unspecified atom stereocenters. The molecule has 0 saturated heterocycles. The average Bonchev–Trinajstić information content (AvgIpc) is 2.39. The number of carboxylic acid groups (broad SMARTS) is 1. The van der Waals surface area contributed by atoms with Crippen LogP contribution >= 0.6 is 0 Å². The quantitative estimate of drug-likeness (QED) is 0.433. The first kappa shape index (κ1) is 18.3. The van der Waals surface area contributed by atoms with Crippen LogP contribution in [0.25, 0.3) is 0 Å². The van der Waals surface area contributed by atoms with Gasteiger partial charge in [-0.25, -0.2) is 0 Å². The second-order valence-electron chi connectivity index (χ2n) is 4.02. The van der Waals surface area contributed by atoms with Gasteiger partial charge in [0.15, 0.2) is 0 Å². The molecule has 0 heterocycles. The van der Waals surface area contributed by atoms with Crippen LogP contribution in [0.5, 0.6) is 0 Å². The van der Waals surface area contributed by atoms with E-state index in [1.807, 2.05) is 6.92 Å². The SMILES string of the molecule is CCOCCOCCOCCNCCCCC(=O)O. The summed E-state index contributed by atoms with van der Waals surface area (Å²) < 4.78 is 15.8. The van der Waals surface area contributed by atoms with Gasteiger partial charge in [0.1, 0.15) is 0 Å². The number of carboxylic acids is 1. The fourth-order valence-electron chi connectivity index (χ4n) is 1.38. The molecule has 0 aromatic heterocycles. The van der Waals surface area contributed by atoms with E-state index >= 15 is 0 Å². The Morgan fingerprint density at radius 1 is 0.947 bits per heavy atom. The van der Waals surface area contributed by atoms with Gasteiger partial charge in [-0.15, -0.1) is 0 Å². The van der Waals surface area contributed by atoms with Crippen molar-refractivity contribution in [3.8, 4) is 0 Å². The molecule has 0 aliphatic rings. The molecule has 0 radical (unpaired) electrons. The molecule has 2 N–H and O–H groups in total. The Labute approximate surface area is 115 Å². The number of hydrogen-bond acceptors (Lipinski definition) is 5. The number of unbranched alkanes of at least 4 members (excludes halogenated alkanes) is 1. The Morgan fingerprint density at radius 3 is 2.21 bits per heavy atom. The minimum absolute atomic E-state index is 0.247. The van der Waals surface area contributed by atoms with Crippen molar-refractivity contribution < 1.29 is 24.1 Å². The predicted molar refractivity (Wildman–Crippen MR) is 72.5 cm³/mol. The highest BCUT2D eigenvalue weighted by Gasteiger charge is 1.96. The zero-order chi connectivity index (χ0) is 14.2. The molecule has 0 fully saturated rings. The summed E-state index contributed by atoms with van der Waals surface area (Å²) in [5.74, 6) is -0.729. The molecule has 0 atom stereocenters. The van der Waals surface area contributed by atoms with Gasteiger partial charge in [0.2, 0.25) is 0 Å². The number of rotatable bonds is 15. The van der Waals surface area contributed by atoms with Gasteiger partial charge in [0.05, 0.1) is 33.0 Å². The summed E-state index contributed by atoms with van der Waals surface area (Å²) in [6.07, 6.45) is 1.85. The Kier molecular flexibility index (Phi) is 14.8. The van der Waals surface area contributed by atoms with Crippen molar-refractivity contribution in [3.05, 3.63) is 0 Å². The lowest BCUT2D eigenvalue weighted by atomic mass is 10.2. The first-order valence-corrected chi connectivity index (χ1v) is 6.93. The Balaban J connectivity index is 2.93. The standard InChI is InChI=1S/C13H27NO5/c1-2-17-9-10-19-12-11-18-8-7-14-6-4-3-5-13(15)16/h14H,2-12H2,1H3,(H,15,16). The lowest BCUT2D eigenvalue weighted by Crippen LogP contribution is -2.22. The topological polar surface area (TPSA) is 77.0 Å². The van der Waals surface area contributed by atoms with E-state index < -0.39 is 5.97 Å². The van der Waals surface area contributed by atoms with Crippen LogP contribution < -0.4 is 5.32 Å². The van der Waals surface area contributed by atoms with Crippen molar-refractivity contribution in [2.75, 3.05) is 52.7 Å². The maximum absolute atomic E-state index is 10.3. The zero-order valence-electron chi connectivity index (χ0n) is 11.9. The second-order valence-corrected chi connectivity index (χ2v) is 4.02. The highest BCUT2D eigenvalue weighted by Crippen LogP contribution is 1.92.